The topological polar surface area (TPSA) is 97.5 Å². The predicted octanol–water partition coefficient (Wildman–Crippen LogP) is 1.26. The van der Waals surface area contributed by atoms with Gasteiger partial charge < -0.3 is 10.8 Å². The minimum Gasteiger partial charge on any atom is -0.480 e. The average molecular weight is 324 g/mol. The highest BCUT2D eigenvalue weighted by molar-refractivity contribution is 8.00. The summed E-state index contributed by atoms with van der Waals surface area (Å²) in [4.78, 5) is 10.7. The van der Waals surface area contributed by atoms with Crippen LogP contribution in [0.25, 0.3) is 0 Å². The number of sulfone groups is 1. The van der Waals surface area contributed by atoms with Gasteiger partial charge in [-0.15, -0.1) is 0 Å². The van der Waals surface area contributed by atoms with E-state index in [1.165, 1.54) is 36.0 Å². The Balaban J connectivity index is 2.48. The lowest BCUT2D eigenvalue weighted by atomic mass is 10.4. The molecule has 0 aromatic heterocycles. The summed E-state index contributed by atoms with van der Waals surface area (Å²) in [6.45, 7) is 0. The lowest BCUT2D eigenvalue weighted by Crippen LogP contribution is -2.32. The van der Waals surface area contributed by atoms with Crippen molar-refractivity contribution in [1.82, 2.24) is 0 Å². The second kappa shape index (κ2) is 7.14. The first kappa shape index (κ1) is 16.3. The number of hydrogen-bond donors (Lipinski definition) is 2. The van der Waals surface area contributed by atoms with Crippen LogP contribution in [0.4, 0.5) is 0 Å². The fourth-order valence-electron chi connectivity index (χ4n) is 1.21. The van der Waals surface area contributed by atoms with E-state index in [1.54, 1.807) is 0 Å². The van der Waals surface area contributed by atoms with Crippen molar-refractivity contribution in [2.45, 2.75) is 10.9 Å². The van der Waals surface area contributed by atoms with Crippen molar-refractivity contribution in [3.63, 3.8) is 0 Å². The Morgan fingerprint density at radius 3 is 2.47 bits per heavy atom. The largest absolute Gasteiger partial charge is 0.480 e. The van der Waals surface area contributed by atoms with Gasteiger partial charge in [0.25, 0.3) is 0 Å². The van der Waals surface area contributed by atoms with E-state index in [9.17, 15) is 13.2 Å². The maximum atomic E-state index is 11.9. The molecule has 0 saturated carbocycles. The van der Waals surface area contributed by atoms with Gasteiger partial charge in [0.05, 0.1) is 10.6 Å². The van der Waals surface area contributed by atoms with Crippen molar-refractivity contribution in [2.24, 2.45) is 5.73 Å². The van der Waals surface area contributed by atoms with Crippen LogP contribution in [-0.2, 0) is 14.6 Å². The van der Waals surface area contributed by atoms with Gasteiger partial charge in [-0.2, -0.15) is 11.8 Å². The van der Waals surface area contributed by atoms with Crippen LogP contribution in [0.2, 0.25) is 5.02 Å². The number of thioether (sulfide) groups is 1. The SMILES string of the molecule is N[C@H](CSCCS(=O)(=O)c1ccc(Cl)cc1)C(=O)O. The van der Waals surface area contributed by atoms with Crippen LogP contribution < -0.4 is 5.73 Å². The van der Waals surface area contributed by atoms with Crippen LogP contribution in [0.3, 0.4) is 0 Å². The normalized spacial score (nSPS) is 13.2. The summed E-state index contributed by atoms with van der Waals surface area (Å²) >= 11 is 6.89. The standard InChI is InChI=1S/C11H14ClNO4S2/c12-8-1-3-9(4-2-8)19(16,17)6-5-18-7-10(13)11(14)15/h1-4,10H,5-7,13H2,(H,14,15)/t10-/m1/s1. The number of halogens is 1. The monoisotopic (exact) mass is 323 g/mol. The highest BCUT2D eigenvalue weighted by Crippen LogP contribution is 2.16. The van der Waals surface area contributed by atoms with Crippen LogP contribution in [0.15, 0.2) is 29.2 Å². The lowest BCUT2D eigenvalue weighted by molar-refractivity contribution is -0.137. The molecule has 0 fully saturated rings. The molecule has 1 aromatic rings. The molecule has 5 nitrogen and oxygen atoms in total. The van der Waals surface area contributed by atoms with E-state index in [1.807, 2.05) is 0 Å². The molecule has 1 aromatic carbocycles. The Morgan fingerprint density at radius 2 is 1.95 bits per heavy atom. The molecule has 1 atom stereocenters. The third-order valence-corrected chi connectivity index (χ3v) is 5.61. The molecule has 0 aliphatic carbocycles. The molecule has 106 valence electrons. The van der Waals surface area contributed by atoms with Crippen LogP contribution in [0.5, 0.6) is 0 Å². The number of aliphatic carboxylic acids is 1. The zero-order chi connectivity index (χ0) is 14.5. The smallest absolute Gasteiger partial charge is 0.321 e. The minimum absolute atomic E-state index is 0.0639. The number of rotatable bonds is 7. The molecular weight excluding hydrogens is 310 g/mol. The van der Waals surface area contributed by atoms with Crippen molar-refractivity contribution in [3.8, 4) is 0 Å². The second-order valence-corrected chi connectivity index (χ2v) is 7.49. The van der Waals surface area contributed by atoms with E-state index in [0.717, 1.165) is 0 Å². The molecule has 1 rings (SSSR count). The van der Waals surface area contributed by atoms with Crippen molar-refractivity contribution in [2.75, 3.05) is 17.3 Å². The van der Waals surface area contributed by atoms with Gasteiger partial charge in [-0.05, 0) is 24.3 Å². The van der Waals surface area contributed by atoms with Crippen molar-refractivity contribution < 1.29 is 18.3 Å². The fourth-order valence-corrected chi connectivity index (χ4v) is 4.03. The summed E-state index contributed by atoms with van der Waals surface area (Å²) in [5.74, 6) is -0.670. The minimum atomic E-state index is -3.36. The van der Waals surface area contributed by atoms with Gasteiger partial charge >= 0.3 is 5.97 Å². The Kier molecular flexibility index (Phi) is 6.12. The highest BCUT2D eigenvalue weighted by Gasteiger charge is 2.15. The van der Waals surface area contributed by atoms with E-state index >= 15 is 0 Å². The lowest BCUT2D eigenvalue weighted by Gasteiger charge is -2.07. The summed E-state index contributed by atoms with van der Waals surface area (Å²) in [6, 6.07) is 4.96. The summed E-state index contributed by atoms with van der Waals surface area (Å²) in [5, 5.41) is 9.05. The zero-order valence-electron chi connectivity index (χ0n) is 9.95. The van der Waals surface area contributed by atoms with Crippen molar-refractivity contribution in [1.29, 1.82) is 0 Å². The summed E-state index contributed by atoms with van der Waals surface area (Å²) < 4.78 is 23.8. The zero-order valence-corrected chi connectivity index (χ0v) is 12.3. The maximum Gasteiger partial charge on any atom is 0.321 e. The summed E-state index contributed by atoms with van der Waals surface area (Å²) in [5.41, 5.74) is 5.31. The van der Waals surface area contributed by atoms with Crippen LogP contribution in [-0.4, -0.2) is 42.8 Å². The number of carbonyl (C=O) groups is 1. The molecule has 3 N–H and O–H groups in total. The van der Waals surface area contributed by atoms with Gasteiger partial charge in [-0.25, -0.2) is 8.42 Å². The molecule has 0 aliphatic heterocycles. The molecule has 19 heavy (non-hydrogen) atoms. The van der Waals surface area contributed by atoms with E-state index in [2.05, 4.69) is 0 Å². The van der Waals surface area contributed by atoms with Gasteiger partial charge in [0, 0.05) is 16.5 Å². The third kappa shape index (κ3) is 5.40. The van der Waals surface area contributed by atoms with Crippen LogP contribution in [0.1, 0.15) is 0 Å². The Labute approximate surface area is 121 Å². The molecule has 0 radical (unpaired) electrons. The first-order valence-electron chi connectivity index (χ1n) is 5.37. The maximum absolute atomic E-state index is 11.9. The summed E-state index contributed by atoms with van der Waals surface area (Å²) in [7, 11) is -3.36. The van der Waals surface area contributed by atoms with Crippen molar-refractivity contribution >= 4 is 39.2 Å². The average Bonchev–Trinajstić information content (AvgIpc) is 2.34. The Morgan fingerprint density at radius 1 is 1.37 bits per heavy atom. The number of nitrogens with two attached hydrogens (primary N) is 1. The number of carboxylic acids is 1. The second-order valence-electron chi connectivity index (χ2n) is 3.79. The van der Waals surface area contributed by atoms with Crippen molar-refractivity contribution in [3.05, 3.63) is 29.3 Å². The fraction of sp³-hybridized carbons (Fsp3) is 0.364. The number of benzene rings is 1. The van der Waals surface area contributed by atoms with E-state index in [4.69, 9.17) is 22.4 Å². The van der Waals surface area contributed by atoms with E-state index < -0.39 is 21.8 Å². The first-order valence-corrected chi connectivity index (χ1v) is 8.56. The first-order chi connectivity index (χ1) is 8.83. The van der Waals surface area contributed by atoms with Crippen LogP contribution >= 0.6 is 23.4 Å². The molecule has 0 aliphatic rings. The van der Waals surface area contributed by atoms with Crippen LogP contribution in [0, 0.1) is 0 Å². The Bertz CT molecular complexity index is 530. The molecule has 0 heterocycles. The molecular formula is C11H14ClNO4S2. The third-order valence-electron chi connectivity index (χ3n) is 2.28. The molecule has 8 heteroatoms. The number of hydrogen-bond acceptors (Lipinski definition) is 5. The predicted molar refractivity (Wildman–Crippen MR) is 76.4 cm³/mol. The quantitative estimate of drug-likeness (QED) is 0.733. The van der Waals surface area contributed by atoms with Gasteiger partial charge in [0.1, 0.15) is 6.04 Å². The van der Waals surface area contributed by atoms with Gasteiger partial charge in [-0.3, -0.25) is 4.79 Å². The molecule has 0 saturated heterocycles. The van der Waals surface area contributed by atoms with E-state index in [0.29, 0.717) is 10.8 Å². The molecule has 0 bridgehead atoms. The number of carboxylic acid groups (broad SMARTS) is 1. The van der Waals surface area contributed by atoms with Gasteiger partial charge in [-0.1, -0.05) is 11.6 Å². The molecule has 0 spiro atoms. The molecule has 0 unspecified atom stereocenters. The highest BCUT2D eigenvalue weighted by atomic mass is 35.5. The summed E-state index contributed by atoms with van der Waals surface area (Å²) in [6.07, 6.45) is 0. The van der Waals surface area contributed by atoms with E-state index in [-0.39, 0.29) is 16.4 Å². The van der Waals surface area contributed by atoms with Gasteiger partial charge in [0.15, 0.2) is 9.84 Å². The Hall–Kier alpha value is -0.760. The molecule has 0 amide bonds. The van der Waals surface area contributed by atoms with Gasteiger partial charge in [0.2, 0.25) is 0 Å².